The van der Waals surface area contributed by atoms with Crippen molar-refractivity contribution in [1.29, 1.82) is 0 Å². The summed E-state index contributed by atoms with van der Waals surface area (Å²) < 4.78 is 7.40. The minimum absolute atomic E-state index is 0.118. The van der Waals surface area contributed by atoms with E-state index >= 15 is 0 Å². The molecule has 3 aromatic rings. The lowest BCUT2D eigenvalue weighted by Gasteiger charge is -2.20. The third-order valence-electron chi connectivity index (χ3n) is 5.21. The molecule has 0 bridgehead atoms. The molecule has 0 radical (unpaired) electrons. The molecule has 0 spiro atoms. The largest absolute Gasteiger partial charge is 0.481 e. The highest BCUT2D eigenvalue weighted by atomic mass is 16.5. The average molecular weight is 403 g/mol. The molecule has 0 aliphatic rings. The van der Waals surface area contributed by atoms with E-state index in [-0.39, 0.29) is 17.7 Å². The molecule has 4 heteroatoms. The molecule has 0 saturated carbocycles. The van der Waals surface area contributed by atoms with Crippen LogP contribution in [0.3, 0.4) is 0 Å². The molecule has 3 rings (SSSR count). The number of benzene rings is 2. The Balaban J connectivity index is 2.18. The summed E-state index contributed by atoms with van der Waals surface area (Å²) in [6.45, 7) is 11.6. The maximum absolute atomic E-state index is 13.0. The van der Waals surface area contributed by atoms with E-state index in [9.17, 15) is 4.79 Å². The lowest BCUT2D eigenvalue weighted by molar-refractivity contribution is 0.349. The molecular formula is C26H30N2O2. The Morgan fingerprint density at radius 1 is 1.13 bits per heavy atom. The number of fused-ring (bicyclic) bond motifs is 1. The molecule has 0 N–H and O–H groups in total. The van der Waals surface area contributed by atoms with Gasteiger partial charge in [0.1, 0.15) is 12.4 Å². The van der Waals surface area contributed by atoms with Gasteiger partial charge in [0.15, 0.2) is 0 Å². The van der Waals surface area contributed by atoms with Gasteiger partial charge in [-0.3, -0.25) is 4.57 Å². The van der Waals surface area contributed by atoms with Gasteiger partial charge in [-0.2, -0.15) is 4.98 Å². The lowest BCUT2D eigenvalue weighted by Crippen LogP contribution is -2.26. The highest BCUT2D eigenvalue weighted by Crippen LogP contribution is 2.30. The smallest absolute Gasteiger partial charge is 0.348 e. The number of nitrogens with zero attached hydrogens (tertiary/aromatic N) is 2. The first kappa shape index (κ1) is 21.6. The van der Waals surface area contributed by atoms with Crippen LogP contribution in [0.4, 0.5) is 0 Å². The third-order valence-corrected chi connectivity index (χ3v) is 5.21. The fraction of sp³-hybridized carbons (Fsp3) is 0.385. The standard InChI is InChI=1S/C26H30N2O2/c1-7-16-30-21-12-13-23-22(17-21)24(20-10-8-19(9-11-20)18(2)3)27-25(29)28(23)15-14-26(4,5)6/h1,8-13,17-18H,14-16H2,2-6H3. The average Bonchev–Trinajstić information content (AvgIpc) is 2.70. The second kappa shape index (κ2) is 8.75. The Morgan fingerprint density at radius 3 is 2.43 bits per heavy atom. The maximum Gasteiger partial charge on any atom is 0.348 e. The first-order chi connectivity index (χ1) is 14.2. The van der Waals surface area contributed by atoms with Gasteiger partial charge < -0.3 is 4.74 Å². The van der Waals surface area contributed by atoms with E-state index in [0.29, 0.717) is 23.9 Å². The number of terminal acetylenes is 1. The molecule has 0 unspecified atom stereocenters. The van der Waals surface area contributed by atoms with Gasteiger partial charge in [0.05, 0.1) is 11.2 Å². The van der Waals surface area contributed by atoms with Crippen molar-refractivity contribution in [2.45, 2.75) is 53.5 Å². The Kier molecular flexibility index (Phi) is 6.31. The number of aromatic nitrogens is 2. The lowest BCUT2D eigenvalue weighted by atomic mass is 9.92. The van der Waals surface area contributed by atoms with Gasteiger partial charge in [-0.1, -0.05) is 64.8 Å². The Morgan fingerprint density at radius 2 is 1.83 bits per heavy atom. The minimum Gasteiger partial charge on any atom is -0.481 e. The normalized spacial score (nSPS) is 11.6. The van der Waals surface area contributed by atoms with Crippen molar-refractivity contribution in [2.75, 3.05) is 6.61 Å². The molecule has 2 aromatic carbocycles. The van der Waals surface area contributed by atoms with E-state index in [1.165, 1.54) is 5.56 Å². The van der Waals surface area contributed by atoms with Gasteiger partial charge in [-0.25, -0.2) is 4.79 Å². The summed E-state index contributed by atoms with van der Waals surface area (Å²) in [5.74, 6) is 3.60. The summed E-state index contributed by atoms with van der Waals surface area (Å²) in [6, 6.07) is 14.0. The first-order valence-electron chi connectivity index (χ1n) is 10.4. The van der Waals surface area contributed by atoms with Crippen LogP contribution in [0.25, 0.3) is 22.2 Å². The molecule has 0 amide bonds. The predicted octanol–water partition coefficient (Wildman–Crippen LogP) is 5.64. The second-order valence-electron chi connectivity index (χ2n) is 9.15. The molecular weight excluding hydrogens is 372 g/mol. The summed E-state index contributed by atoms with van der Waals surface area (Å²) in [4.78, 5) is 17.5. The Hall–Kier alpha value is -3.06. The Labute approximate surface area is 178 Å². The zero-order chi connectivity index (χ0) is 21.9. The highest BCUT2D eigenvalue weighted by molar-refractivity contribution is 5.93. The van der Waals surface area contributed by atoms with Gasteiger partial charge in [-0.15, -0.1) is 6.42 Å². The molecule has 0 aliphatic carbocycles. The van der Waals surface area contributed by atoms with Crippen LogP contribution >= 0.6 is 0 Å². The van der Waals surface area contributed by atoms with Crippen molar-refractivity contribution in [2.24, 2.45) is 5.41 Å². The van der Waals surface area contributed by atoms with Crippen LogP contribution in [0.15, 0.2) is 47.3 Å². The molecule has 0 atom stereocenters. The SMILES string of the molecule is C#CCOc1ccc2c(c1)c(-c1ccc(C(C)C)cc1)nc(=O)n2CCC(C)(C)C. The molecule has 1 heterocycles. The van der Waals surface area contributed by atoms with Gasteiger partial charge >= 0.3 is 5.69 Å². The third kappa shape index (κ3) is 4.91. The summed E-state index contributed by atoms with van der Waals surface area (Å²) in [5, 5.41) is 0.885. The van der Waals surface area contributed by atoms with Gasteiger partial charge in [0.2, 0.25) is 0 Å². The minimum atomic E-state index is -0.230. The van der Waals surface area contributed by atoms with Crippen LogP contribution in [0.5, 0.6) is 5.75 Å². The molecule has 4 nitrogen and oxygen atoms in total. The molecule has 1 aromatic heterocycles. The summed E-state index contributed by atoms with van der Waals surface area (Å²) >= 11 is 0. The molecule has 30 heavy (non-hydrogen) atoms. The van der Waals surface area contributed by atoms with E-state index in [1.54, 1.807) is 4.57 Å². The molecule has 156 valence electrons. The zero-order valence-electron chi connectivity index (χ0n) is 18.5. The van der Waals surface area contributed by atoms with Crippen molar-refractivity contribution in [3.05, 3.63) is 58.5 Å². The van der Waals surface area contributed by atoms with Crippen LogP contribution in [0, 0.1) is 17.8 Å². The maximum atomic E-state index is 13.0. The summed E-state index contributed by atoms with van der Waals surface area (Å²) in [7, 11) is 0. The molecule has 0 aliphatic heterocycles. The number of rotatable bonds is 6. The highest BCUT2D eigenvalue weighted by Gasteiger charge is 2.16. The van der Waals surface area contributed by atoms with E-state index < -0.39 is 0 Å². The van der Waals surface area contributed by atoms with Gasteiger partial charge in [0, 0.05) is 17.5 Å². The van der Waals surface area contributed by atoms with Crippen molar-refractivity contribution in [1.82, 2.24) is 9.55 Å². The second-order valence-corrected chi connectivity index (χ2v) is 9.15. The topological polar surface area (TPSA) is 44.1 Å². The fourth-order valence-electron chi connectivity index (χ4n) is 3.38. The predicted molar refractivity (Wildman–Crippen MR) is 124 cm³/mol. The monoisotopic (exact) mass is 402 g/mol. The number of hydrogen-bond donors (Lipinski definition) is 0. The summed E-state index contributed by atoms with van der Waals surface area (Å²) in [6.07, 6.45) is 6.22. The number of hydrogen-bond acceptors (Lipinski definition) is 3. The van der Waals surface area contributed by atoms with Gasteiger partial charge in [0.25, 0.3) is 0 Å². The van der Waals surface area contributed by atoms with E-state index in [0.717, 1.165) is 22.9 Å². The van der Waals surface area contributed by atoms with Crippen molar-refractivity contribution in [3.8, 4) is 29.4 Å². The van der Waals surface area contributed by atoms with Crippen LogP contribution in [-0.2, 0) is 6.54 Å². The number of ether oxygens (including phenoxy) is 1. The summed E-state index contributed by atoms with van der Waals surface area (Å²) in [5.41, 5.74) is 3.58. The van der Waals surface area contributed by atoms with Crippen LogP contribution in [-0.4, -0.2) is 16.2 Å². The van der Waals surface area contributed by atoms with E-state index in [1.807, 2.05) is 30.3 Å². The van der Waals surface area contributed by atoms with Crippen molar-refractivity contribution >= 4 is 10.9 Å². The quantitative estimate of drug-likeness (QED) is 0.502. The van der Waals surface area contributed by atoms with Gasteiger partial charge in [-0.05, 0) is 41.5 Å². The van der Waals surface area contributed by atoms with Crippen molar-refractivity contribution in [3.63, 3.8) is 0 Å². The number of aryl methyl sites for hydroxylation is 1. The van der Waals surface area contributed by atoms with Crippen LogP contribution in [0.1, 0.15) is 52.5 Å². The fourth-order valence-corrected chi connectivity index (χ4v) is 3.38. The van der Waals surface area contributed by atoms with E-state index in [2.05, 4.69) is 57.7 Å². The Bertz CT molecular complexity index is 1130. The first-order valence-corrected chi connectivity index (χ1v) is 10.4. The van der Waals surface area contributed by atoms with Crippen LogP contribution in [0.2, 0.25) is 0 Å². The van der Waals surface area contributed by atoms with Crippen molar-refractivity contribution < 1.29 is 4.74 Å². The molecule has 0 fully saturated rings. The zero-order valence-corrected chi connectivity index (χ0v) is 18.5. The molecule has 0 saturated heterocycles. The van der Waals surface area contributed by atoms with Crippen LogP contribution < -0.4 is 10.4 Å². The van der Waals surface area contributed by atoms with E-state index in [4.69, 9.17) is 11.2 Å².